The summed E-state index contributed by atoms with van der Waals surface area (Å²) < 4.78 is 5.50. The molecule has 0 saturated heterocycles. The third-order valence-electron chi connectivity index (χ3n) is 1.76. The molecule has 1 heterocycles. The van der Waals surface area contributed by atoms with Gasteiger partial charge in [0.25, 0.3) is 0 Å². The van der Waals surface area contributed by atoms with Gasteiger partial charge in [-0.1, -0.05) is 26.2 Å². The summed E-state index contributed by atoms with van der Waals surface area (Å²) in [5.74, 6) is 1.02. The molecule has 1 aromatic heterocycles. The van der Waals surface area contributed by atoms with Crippen LogP contribution in [0.1, 0.15) is 32.6 Å². The Labute approximate surface area is 91.4 Å². The normalized spacial score (nSPS) is 8.93. The highest BCUT2D eigenvalue weighted by Gasteiger charge is 1.92. The number of rotatable bonds is 6. The van der Waals surface area contributed by atoms with Gasteiger partial charge >= 0.3 is 0 Å². The van der Waals surface area contributed by atoms with Crippen molar-refractivity contribution in [3.05, 3.63) is 30.0 Å². The summed E-state index contributed by atoms with van der Waals surface area (Å²) in [5.41, 5.74) is 0. The molecule has 0 amide bonds. The highest BCUT2D eigenvalue weighted by Crippen LogP contribution is 2.15. The van der Waals surface area contributed by atoms with Gasteiger partial charge in [0.15, 0.2) is 0 Å². The summed E-state index contributed by atoms with van der Waals surface area (Å²) in [6.45, 7) is 9.09. The van der Waals surface area contributed by atoms with E-state index in [4.69, 9.17) is 4.74 Å². The van der Waals surface area contributed by atoms with Gasteiger partial charge < -0.3 is 4.74 Å². The number of ether oxygens (including phenoxy) is 1. The number of thiophene rings is 1. The third kappa shape index (κ3) is 6.72. The molecule has 0 N–H and O–H groups in total. The van der Waals surface area contributed by atoms with Crippen molar-refractivity contribution in [2.75, 3.05) is 6.61 Å². The SMILES string of the molecule is C=C.CCCCCCOc1ccsc1. The Morgan fingerprint density at radius 2 is 2.07 bits per heavy atom. The van der Waals surface area contributed by atoms with E-state index in [1.807, 2.05) is 16.8 Å². The summed E-state index contributed by atoms with van der Waals surface area (Å²) in [5, 5.41) is 4.08. The van der Waals surface area contributed by atoms with Crippen LogP contribution >= 0.6 is 11.3 Å². The summed E-state index contributed by atoms with van der Waals surface area (Å²) >= 11 is 1.68. The molecule has 2 heteroatoms. The lowest BCUT2D eigenvalue weighted by Gasteiger charge is -2.02. The molecule has 0 radical (unpaired) electrons. The molecule has 0 aliphatic rings. The number of hydrogen-bond donors (Lipinski definition) is 0. The molecule has 0 aliphatic heterocycles. The van der Waals surface area contributed by atoms with Gasteiger partial charge in [0.2, 0.25) is 0 Å². The molecular weight excluding hydrogens is 192 g/mol. The van der Waals surface area contributed by atoms with Crippen LogP contribution in [0.15, 0.2) is 30.0 Å². The zero-order valence-electron chi connectivity index (χ0n) is 9.00. The van der Waals surface area contributed by atoms with Gasteiger partial charge in [-0.05, 0) is 17.9 Å². The molecule has 1 rings (SSSR count). The van der Waals surface area contributed by atoms with Crippen molar-refractivity contribution in [3.63, 3.8) is 0 Å². The maximum Gasteiger partial charge on any atom is 0.129 e. The zero-order chi connectivity index (χ0) is 10.6. The van der Waals surface area contributed by atoms with Gasteiger partial charge in [-0.3, -0.25) is 0 Å². The average Bonchev–Trinajstić information content (AvgIpc) is 2.74. The number of unbranched alkanes of at least 4 members (excludes halogenated alkanes) is 3. The lowest BCUT2D eigenvalue weighted by molar-refractivity contribution is 0.306. The summed E-state index contributed by atoms with van der Waals surface area (Å²) in [6.07, 6.45) is 5.09. The van der Waals surface area contributed by atoms with Crippen molar-refractivity contribution >= 4 is 11.3 Å². The first-order chi connectivity index (χ1) is 6.93. The largest absolute Gasteiger partial charge is 0.493 e. The van der Waals surface area contributed by atoms with Gasteiger partial charge in [-0.2, -0.15) is 0 Å². The Hall–Kier alpha value is -0.760. The quantitative estimate of drug-likeness (QED) is 0.498. The number of hydrogen-bond acceptors (Lipinski definition) is 2. The molecule has 14 heavy (non-hydrogen) atoms. The van der Waals surface area contributed by atoms with Crippen LogP contribution in [0.25, 0.3) is 0 Å². The Bertz CT molecular complexity index is 194. The highest BCUT2D eigenvalue weighted by molar-refractivity contribution is 7.08. The van der Waals surface area contributed by atoms with Crippen LogP contribution in [0.3, 0.4) is 0 Å². The first kappa shape index (κ1) is 13.2. The first-order valence-electron chi connectivity index (χ1n) is 5.08. The molecule has 0 aromatic carbocycles. The van der Waals surface area contributed by atoms with Crippen molar-refractivity contribution in [2.45, 2.75) is 32.6 Å². The van der Waals surface area contributed by atoms with E-state index in [2.05, 4.69) is 20.1 Å². The van der Waals surface area contributed by atoms with Crippen LogP contribution in [0, 0.1) is 0 Å². The Kier molecular flexibility index (Phi) is 9.76. The molecule has 0 atom stereocenters. The van der Waals surface area contributed by atoms with Gasteiger partial charge in [0, 0.05) is 5.38 Å². The summed E-state index contributed by atoms with van der Waals surface area (Å²) in [6, 6.07) is 2.02. The molecular formula is C12H20OS. The Balaban J connectivity index is 0.000000791. The van der Waals surface area contributed by atoms with Crippen LogP contribution in [-0.4, -0.2) is 6.61 Å². The standard InChI is InChI=1S/C10H16OS.C2H4/c1-2-3-4-5-7-11-10-6-8-12-9-10;1-2/h6,8-9H,2-5,7H2,1H3;1-2H2. The molecule has 0 bridgehead atoms. The van der Waals surface area contributed by atoms with Crippen LogP contribution in [0.4, 0.5) is 0 Å². The van der Waals surface area contributed by atoms with E-state index in [9.17, 15) is 0 Å². The second-order valence-electron chi connectivity index (χ2n) is 2.87. The molecule has 1 aromatic rings. The molecule has 80 valence electrons. The summed E-state index contributed by atoms with van der Waals surface area (Å²) in [7, 11) is 0. The van der Waals surface area contributed by atoms with E-state index in [-0.39, 0.29) is 0 Å². The Morgan fingerprint density at radius 3 is 2.64 bits per heavy atom. The highest BCUT2D eigenvalue weighted by atomic mass is 32.1. The van der Waals surface area contributed by atoms with E-state index >= 15 is 0 Å². The van der Waals surface area contributed by atoms with Crippen LogP contribution < -0.4 is 4.74 Å². The fraction of sp³-hybridized carbons (Fsp3) is 0.500. The van der Waals surface area contributed by atoms with Crippen molar-refractivity contribution in [3.8, 4) is 5.75 Å². The molecule has 1 nitrogen and oxygen atoms in total. The molecule has 0 fully saturated rings. The van der Waals surface area contributed by atoms with Gasteiger partial charge in [0.1, 0.15) is 5.75 Å². The fourth-order valence-corrected chi connectivity index (χ4v) is 1.62. The summed E-state index contributed by atoms with van der Waals surface area (Å²) in [4.78, 5) is 0. The predicted molar refractivity (Wildman–Crippen MR) is 65.2 cm³/mol. The Morgan fingerprint density at radius 1 is 1.29 bits per heavy atom. The third-order valence-corrected chi connectivity index (χ3v) is 2.42. The molecule has 0 saturated carbocycles. The van der Waals surface area contributed by atoms with Crippen molar-refractivity contribution in [1.29, 1.82) is 0 Å². The minimum atomic E-state index is 0.872. The van der Waals surface area contributed by atoms with E-state index in [0.717, 1.165) is 12.4 Å². The van der Waals surface area contributed by atoms with Crippen LogP contribution in [-0.2, 0) is 0 Å². The second-order valence-corrected chi connectivity index (χ2v) is 3.65. The molecule has 0 aliphatic carbocycles. The van der Waals surface area contributed by atoms with Crippen LogP contribution in [0.2, 0.25) is 0 Å². The first-order valence-corrected chi connectivity index (χ1v) is 6.02. The second kappa shape index (κ2) is 10.3. The minimum absolute atomic E-state index is 0.872. The predicted octanol–water partition coefficient (Wildman–Crippen LogP) is 4.51. The fourth-order valence-electron chi connectivity index (χ4n) is 1.05. The maximum absolute atomic E-state index is 5.50. The molecule has 0 spiro atoms. The van der Waals surface area contributed by atoms with Crippen molar-refractivity contribution in [1.82, 2.24) is 0 Å². The monoisotopic (exact) mass is 212 g/mol. The minimum Gasteiger partial charge on any atom is -0.493 e. The van der Waals surface area contributed by atoms with Crippen LogP contribution in [0.5, 0.6) is 5.75 Å². The van der Waals surface area contributed by atoms with E-state index in [0.29, 0.717) is 0 Å². The maximum atomic E-state index is 5.50. The molecule has 0 unspecified atom stereocenters. The van der Waals surface area contributed by atoms with Gasteiger partial charge in [0.05, 0.1) is 6.61 Å². The lowest BCUT2D eigenvalue weighted by atomic mass is 10.2. The smallest absolute Gasteiger partial charge is 0.129 e. The van der Waals surface area contributed by atoms with E-state index in [1.165, 1.54) is 25.7 Å². The van der Waals surface area contributed by atoms with Crippen molar-refractivity contribution in [2.24, 2.45) is 0 Å². The van der Waals surface area contributed by atoms with Gasteiger partial charge in [-0.25, -0.2) is 0 Å². The topological polar surface area (TPSA) is 9.23 Å². The van der Waals surface area contributed by atoms with Gasteiger partial charge in [-0.15, -0.1) is 24.5 Å². The van der Waals surface area contributed by atoms with E-state index < -0.39 is 0 Å². The average molecular weight is 212 g/mol. The van der Waals surface area contributed by atoms with E-state index in [1.54, 1.807) is 11.3 Å². The zero-order valence-corrected chi connectivity index (χ0v) is 9.81. The lowest BCUT2D eigenvalue weighted by Crippen LogP contribution is -1.95. The van der Waals surface area contributed by atoms with Crippen molar-refractivity contribution < 1.29 is 4.74 Å².